The Bertz CT molecular complexity index is 1230. The number of hydrogen-bond donors (Lipinski definition) is 4. The number of ketones is 1. The first-order valence-corrected chi connectivity index (χ1v) is 14.1. The van der Waals surface area contributed by atoms with Crippen LogP contribution in [-0.4, -0.2) is 62.0 Å². The lowest BCUT2D eigenvalue weighted by Crippen LogP contribution is -2.50. The molecule has 0 amide bonds. The van der Waals surface area contributed by atoms with Crippen molar-refractivity contribution in [3.05, 3.63) is 94.6 Å². The first-order chi connectivity index (χ1) is 17.9. The van der Waals surface area contributed by atoms with Crippen LogP contribution < -0.4 is 16.0 Å². The highest BCUT2D eigenvalue weighted by Gasteiger charge is 2.49. The zero-order valence-corrected chi connectivity index (χ0v) is 22.4. The number of pyridine rings is 1. The van der Waals surface area contributed by atoms with Gasteiger partial charge in [-0.05, 0) is 82.7 Å². The fraction of sp³-hybridized carbons (Fsp3) is 0.321. The molecule has 9 heteroatoms. The third kappa shape index (κ3) is 5.72. The van der Waals surface area contributed by atoms with Crippen LogP contribution in [0.5, 0.6) is 0 Å². The number of Topliss-reactive ketones (excluding diaryl/α,β-unsaturated/α-hetero) is 1. The fourth-order valence-electron chi connectivity index (χ4n) is 5.12. The molecule has 0 radical (unpaired) electrons. The van der Waals surface area contributed by atoms with Gasteiger partial charge >= 0.3 is 0 Å². The molecule has 37 heavy (non-hydrogen) atoms. The Morgan fingerprint density at radius 3 is 2.68 bits per heavy atom. The molecule has 7 nitrogen and oxygen atoms in total. The molecule has 0 saturated carbocycles. The zero-order chi connectivity index (χ0) is 26.4. The van der Waals surface area contributed by atoms with Crippen LogP contribution in [0.25, 0.3) is 0 Å². The molecule has 4 N–H and O–H groups in total. The number of allylic oxidation sites excluding steroid dienone is 2. The molecular weight excluding hydrogens is 486 g/mol. The molecule has 1 fully saturated rings. The lowest BCUT2D eigenvalue weighted by atomic mass is 9.65. The molecule has 0 bridgehead atoms. The molecule has 1 aliphatic heterocycles. The molecule has 1 aliphatic carbocycles. The number of benzene rings is 1. The quantitative estimate of drug-likeness (QED) is 0.205. The number of rotatable bonds is 10. The molecule has 1 saturated heterocycles. The summed E-state index contributed by atoms with van der Waals surface area (Å²) < 4.78 is 15.8. The predicted molar refractivity (Wildman–Crippen MR) is 150 cm³/mol. The summed E-state index contributed by atoms with van der Waals surface area (Å²) in [5.74, 6) is -0.257. The van der Waals surface area contributed by atoms with Crippen molar-refractivity contribution in [3.8, 4) is 0 Å². The lowest BCUT2D eigenvalue weighted by molar-refractivity contribution is 0.0769. The number of carbonyl (C=O) groups excluding carboxylic acids is 1. The van der Waals surface area contributed by atoms with Crippen molar-refractivity contribution < 1.29 is 9.18 Å². The summed E-state index contributed by atoms with van der Waals surface area (Å²) >= 11 is 0. The van der Waals surface area contributed by atoms with Crippen LogP contribution in [0.1, 0.15) is 23.3 Å². The van der Waals surface area contributed by atoms with Gasteiger partial charge in [0.15, 0.2) is 5.78 Å². The van der Waals surface area contributed by atoms with Crippen LogP contribution in [0.2, 0.25) is 0 Å². The first kappa shape index (κ1) is 26.9. The molecule has 2 aliphatic rings. The van der Waals surface area contributed by atoms with Gasteiger partial charge in [0.05, 0.1) is 5.41 Å². The Morgan fingerprint density at radius 2 is 2.03 bits per heavy atom. The van der Waals surface area contributed by atoms with E-state index in [0.717, 1.165) is 40.8 Å². The standard InChI is InChI=1S/C28H34FN6OP/c1-31-17-20-15-28(27(36)25-6-4-5-12-33-25)19-35(37(3)24(16-30)18-32-2)13-11-21(28)14-26(20)34-23-9-7-22(29)8-10-23/h4-10,12,14,16,18,30-32,34H,11,13,15,17,19H2,1-3H3/b24-18+,30-16?. The highest BCUT2D eigenvalue weighted by Crippen LogP contribution is 2.53. The minimum atomic E-state index is -0.796. The van der Waals surface area contributed by atoms with Crippen molar-refractivity contribution >= 4 is 25.8 Å². The summed E-state index contributed by atoms with van der Waals surface area (Å²) in [7, 11) is 2.93. The van der Waals surface area contributed by atoms with Crippen molar-refractivity contribution in [3.63, 3.8) is 0 Å². The second kappa shape index (κ2) is 11.9. The topological polar surface area (TPSA) is 93.1 Å². The summed E-state index contributed by atoms with van der Waals surface area (Å²) in [5, 5.41) is 18.6. The zero-order valence-electron chi connectivity index (χ0n) is 21.5. The average molecular weight is 521 g/mol. The van der Waals surface area contributed by atoms with Gasteiger partial charge in [0.2, 0.25) is 0 Å². The number of fused-ring (bicyclic) bond motifs is 1. The van der Waals surface area contributed by atoms with Gasteiger partial charge in [-0.15, -0.1) is 0 Å². The normalized spacial score (nSPS) is 21.1. The summed E-state index contributed by atoms with van der Waals surface area (Å²) in [6.45, 7) is 4.11. The van der Waals surface area contributed by atoms with E-state index in [1.807, 2.05) is 32.4 Å². The first-order valence-electron chi connectivity index (χ1n) is 12.3. The third-order valence-electron chi connectivity index (χ3n) is 7.00. The van der Waals surface area contributed by atoms with Gasteiger partial charge in [-0.25, -0.2) is 4.39 Å². The second-order valence-electron chi connectivity index (χ2n) is 9.32. The molecule has 1 aromatic carbocycles. The van der Waals surface area contributed by atoms with Gasteiger partial charge in [0, 0.05) is 62.0 Å². The van der Waals surface area contributed by atoms with E-state index in [-0.39, 0.29) is 11.6 Å². The van der Waals surface area contributed by atoms with Gasteiger partial charge in [-0.2, -0.15) is 0 Å². The van der Waals surface area contributed by atoms with E-state index in [4.69, 9.17) is 5.41 Å². The van der Waals surface area contributed by atoms with Crippen LogP contribution in [0.15, 0.2) is 83.1 Å². The number of likely N-dealkylation sites (N-methyl/N-ethyl adjacent to an activating group) is 1. The van der Waals surface area contributed by atoms with Gasteiger partial charge in [-0.1, -0.05) is 11.6 Å². The number of piperidine rings is 1. The molecule has 1 aromatic heterocycles. The van der Waals surface area contributed by atoms with Crippen molar-refractivity contribution in [1.82, 2.24) is 20.3 Å². The van der Waals surface area contributed by atoms with Crippen LogP contribution in [0, 0.1) is 16.6 Å². The Labute approximate surface area is 219 Å². The van der Waals surface area contributed by atoms with Crippen LogP contribution >= 0.6 is 8.07 Å². The number of nitrogens with zero attached hydrogens (tertiary/aromatic N) is 2. The van der Waals surface area contributed by atoms with E-state index in [1.54, 1.807) is 24.4 Å². The number of anilines is 1. The predicted octanol–water partition coefficient (Wildman–Crippen LogP) is 4.75. The van der Waals surface area contributed by atoms with E-state index in [0.29, 0.717) is 25.2 Å². The number of aromatic nitrogens is 1. The molecule has 4 rings (SSSR count). The van der Waals surface area contributed by atoms with Gasteiger partial charge in [-0.3, -0.25) is 14.4 Å². The summed E-state index contributed by atoms with van der Waals surface area (Å²) in [6, 6.07) is 11.8. The number of halogens is 1. The Balaban J connectivity index is 1.76. The summed E-state index contributed by atoms with van der Waals surface area (Å²) in [5.41, 5.74) is 3.63. The van der Waals surface area contributed by atoms with Gasteiger partial charge in [0.1, 0.15) is 11.5 Å². The summed E-state index contributed by atoms with van der Waals surface area (Å²) in [4.78, 5) is 18.7. The van der Waals surface area contributed by atoms with E-state index >= 15 is 0 Å². The van der Waals surface area contributed by atoms with E-state index in [2.05, 4.69) is 38.3 Å². The van der Waals surface area contributed by atoms with E-state index in [9.17, 15) is 9.18 Å². The highest BCUT2D eigenvalue weighted by molar-refractivity contribution is 7.60. The minimum Gasteiger partial charge on any atom is -0.393 e. The average Bonchev–Trinajstić information content (AvgIpc) is 2.92. The molecule has 2 atom stereocenters. The van der Waals surface area contributed by atoms with E-state index < -0.39 is 13.5 Å². The maximum absolute atomic E-state index is 14.2. The number of nitrogens with one attached hydrogen (secondary N) is 4. The van der Waals surface area contributed by atoms with Crippen molar-refractivity contribution in [1.29, 1.82) is 5.41 Å². The van der Waals surface area contributed by atoms with Gasteiger partial charge < -0.3 is 21.4 Å². The third-order valence-corrected chi connectivity index (χ3v) is 9.20. The van der Waals surface area contributed by atoms with Crippen molar-refractivity contribution in [2.45, 2.75) is 12.8 Å². The molecular formula is C28H34FN6OP. The largest absolute Gasteiger partial charge is 0.393 e. The monoisotopic (exact) mass is 520 g/mol. The van der Waals surface area contributed by atoms with Crippen molar-refractivity contribution in [2.75, 3.05) is 45.7 Å². The Kier molecular flexibility index (Phi) is 8.64. The van der Waals surface area contributed by atoms with Crippen LogP contribution in [-0.2, 0) is 0 Å². The Morgan fingerprint density at radius 1 is 1.24 bits per heavy atom. The number of hydrogen-bond acceptors (Lipinski definition) is 7. The minimum absolute atomic E-state index is 0.0240. The summed E-state index contributed by atoms with van der Waals surface area (Å²) in [6.07, 6.45) is 8.34. The maximum Gasteiger partial charge on any atom is 0.192 e. The fourth-order valence-corrected chi connectivity index (χ4v) is 6.80. The van der Waals surface area contributed by atoms with E-state index in [1.165, 1.54) is 18.3 Å². The SMILES string of the molecule is CN/C=C(\C=N)P(C)N1CCC2=CC(Nc3ccc(F)cc3)=C(CNC)CC2(C(=O)c2ccccn2)C1. The van der Waals surface area contributed by atoms with Gasteiger partial charge in [0.25, 0.3) is 0 Å². The molecule has 2 unspecified atom stereocenters. The van der Waals surface area contributed by atoms with Crippen LogP contribution in [0.4, 0.5) is 10.1 Å². The van der Waals surface area contributed by atoms with Crippen LogP contribution in [0.3, 0.4) is 0 Å². The highest BCUT2D eigenvalue weighted by atomic mass is 31.1. The Hall–Kier alpha value is -3.19. The molecule has 0 spiro atoms. The molecule has 2 heterocycles. The number of carbonyl (C=O) groups is 1. The maximum atomic E-state index is 14.2. The smallest absolute Gasteiger partial charge is 0.192 e. The van der Waals surface area contributed by atoms with Crippen molar-refractivity contribution in [2.24, 2.45) is 5.41 Å². The second-order valence-corrected chi connectivity index (χ2v) is 11.4. The molecule has 2 aromatic rings. The lowest BCUT2D eigenvalue weighted by Gasteiger charge is -2.48. The molecule has 194 valence electrons.